The average Bonchev–Trinajstić information content (AvgIpc) is 2.82. The Morgan fingerprint density at radius 2 is 1.79 bits per heavy atom. The summed E-state index contributed by atoms with van der Waals surface area (Å²) in [5, 5.41) is 7.80. The van der Waals surface area contributed by atoms with Crippen LogP contribution in [0.2, 0.25) is 0 Å². The minimum atomic E-state index is -0.0357. The Morgan fingerprint density at radius 3 is 2.47 bits per heavy atom. The molecule has 3 aromatic rings. The molecule has 1 heterocycles. The predicted octanol–water partition coefficient (Wildman–Crippen LogP) is 3.01. The van der Waals surface area contributed by atoms with Gasteiger partial charge in [0.1, 0.15) is 5.69 Å². The van der Waals surface area contributed by atoms with Crippen molar-refractivity contribution in [1.29, 1.82) is 0 Å². The SMILES string of the molecule is CC(=O)c1n[nH]c2cc(-c3ccc(N)cc3)ccc12. The highest BCUT2D eigenvalue weighted by atomic mass is 16.1. The standard InChI is InChI=1S/C15H13N3O/c1-9(19)15-13-7-4-11(8-14(13)17-18-15)10-2-5-12(16)6-3-10/h2-8H,16H2,1H3,(H,17,18). The van der Waals surface area contributed by atoms with E-state index in [1.165, 1.54) is 6.92 Å². The normalized spacial score (nSPS) is 10.8. The highest BCUT2D eigenvalue weighted by Gasteiger charge is 2.10. The fourth-order valence-corrected chi connectivity index (χ4v) is 2.14. The van der Waals surface area contributed by atoms with Crippen molar-refractivity contribution in [2.24, 2.45) is 0 Å². The summed E-state index contributed by atoms with van der Waals surface area (Å²) in [7, 11) is 0. The number of H-pyrrole nitrogens is 1. The summed E-state index contributed by atoms with van der Waals surface area (Å²) >= 11 is 0. The first kappa shape index (κ1) is 11.5. The first-order valence-corrected chi connectivity index (χ1v) is 6.00. The highest BCUT2D eigenvalue weighted by molar-refractivity contribution is 6.05. The summed E-state index contributed by atoms with van der Waals surface area (Å²) in [6.45, 7) is 1.52. The second-order valence-electron chi connectivity index (χ2n) is 4.51. The zero-order valence-electron chi connectivity index (χ0n) is 10.5. The van der Waals surface area contributed by atoms with Crippen molar-refractivity contribution in [3.8, 4) is 11.1 Å². The summed E-state index contributed by atoms with van der Waals surface area (Å²) < 4.78 is 0. The number of hydrogen-bond acceptors (Lipinski definition) is 3. The maximum Gasteiger partial charge on any atom is 0.180 e. The van der Waals surface area contributed by atoms with Crippen LogP contribution < -0.4 is 5.73 Å². The molecule has 0 atom stereocenters. The van der Waals surface area contributed by atoms with Gasteiger partial charge in [0, 0.05) is 18.0 Å². The Labute approximate surface area is 110 Å². The lowest BCUT2D eigenvalue weighted by atomic mass is 10.0. The number of aromatic nitrogens is 2. The number of aromatic amines is 1. The van der Waals surface area contributed by atoms with Crippen LogP contribution in [0.5, 0.6) is 0 Å². The van der Waals surface area contributed by atoms with Gasteiger partial charge >= 0.3 is 0 Å². The van der Waals surface area contributed by atoms with Crippen LogP contribution in [0.1, 0.15) is 17.4 Å². The van der Waals surface area contributed by atoms with Crippen molar-refractivity contribution in [2.75, 3.05) is 5.73 Å². The third kappa shape index (κ3) is 1.97. The van der Waals surface area contributed by atoms with E-state index in [0.29, 0.717) is 5.69 Å². The van der Waals surface area contributed by atoms with Crippen LogP contribution in [0.15, 0.2) is 42.5 Å². The van der Waals surface area contributed by atoms with Crippen LogP contribution >= 0.6 is 0 Å². The maximum absolute atomic E-state index is 11.4. The molecule has 0 aliphatic carbocycles. The molecule has 3 N–H and O–H groups in total. The number of fused-ring (bicyclic) bond motifs is 1. The van der Waals surface area contributed by atoms with Gasteiger partial charge in [0.05, 0.1) is 5.52 Å². The maximum atomic E-state index is 11.4. The van der Waals surface area contributed by atoms with Crippen LogP contribution in [-0.4, -0.2) is 16.0 Å². The molecule has 1 aromatic heterocycles. The number of rotatable bonds is 2. The highest BCUT2D eigenvalue weighted by Crippen LogP contribution is 2.25. The first-order valence-electron chi connectivity index (χ1n) is 6.00. The summed E-state index contributed by atoms with van der Waals surface area (Å²) in [4.78, 5) is 11.4. The third-order valence-corrected chi connectivity index (χ3v) is 3.14. The molecule has 3 rings (SSSR count). The number of carbonyl (C=O) groups is 1. The van der Waals surface area contributed by atoms with Gasteiger partial charge in [-0.25, -0.2) is 0 Å². The van der Waals surface area contributed by atoms with Crippen molar-refractivity contribution in [3.05, 3.63) is 48.2 Å². The molecule has 4 heteroatoms. The number of carbonyl (C=O) groups excluding carboxylic acids is 1. The van der Waals surface area contributed by atoms with E-state index in [9.17, 15) is 4.79 Å². The predicted molar refractivity (Wildman–Crippen MR) is 75.9 cm³/mol. The lowest BCUT2D eigenvalue weighted by Gasteiger charge is -2.02. The number of nitrogens with zero attached hydrogens (tertiary/aromatic N) is 1. The molecule has 94 valence electrons. The molecule has 2 aromatic carbocycles. The molecule has 0 bridgehead atoms. The van der Waals surface area contributed by atoms with Gasteiger partial charge in [-0.2, -0.15) is 5.10 Å². The van der Waals surface area contributed by atoms with E-state index in [1.807, 2.05) is 42.5 Å². The first-order chi connectivity index (χ1) is 9.15. The van der Waals surface area contributed by atoms with Crippen molar-refractivity contribution in [1.82, 2.24) is 10.2 Å². The Morgan fingerprint density at radius 1 is 1.11 bits per heavy atom. The third-order valence-electron chi connectivity index (χ3n) is 3.14. The minimum absolute atomic E-state index is 0.0357. The molecule has 0 spiro atoms. The van der Waals surface area contributed by atoms with Crippen molar-refractivity contribution in [2.45, 2.75) is 6.92 Å². The second-order valence-corrected chi connectivity index (χ2v) is 4.51. The molecular weight excluding hydrogens is 238 g/mol. The molecule has 0 saturated heterocycles. The molecule has 19 heavy (non-hydrogen) atoms. The summed E-state index contributed by atoms with van der Waals surface area (Å²) in [6, 6.07) is 13.6. The largest absolute Gasteiger partial charge is 0.399 e. The smallest absolute Gasteiger partial charge is 0.180 e. The van der Waals surface area contributed by atoms with Gasteiger partial charge < -0.3 is 5.73 Å². The summed E-state index contributed by atoms with van der Waals surface area (Å²) in [6.07, 6.45) is 0. The molecular formula is C15H13N3O. The number of ketones is 1. The van der Waals surface area contributed by atoms with Gasteiger partial charge in [-0.1, -0.05) is 18.2 Å². The lowest BCUT2D eigenvalue weighted by Crippen LogP contribution is -1.92. The molecule has 0 unspecified atom stereocenters. The van der Waals surface area contributed by atoms with Crippen LogP contribution in [0.3, 0.4) is 0 Å². The zero-order valence-corrected chi connectivity index (χ0v) is 10.5. The quantitative estimate of drug-likeness (QED) is 0.543. The Balaban J connectivity index is 2.12. The molecule has 0 saturated carbocycles. The van der Waals surface area contributed by atoms with E-state index in [-0.39, 0.29) is 5.78 Å². The molecule has 0 aliphatic rings. The number of hydrogen-bond donors (Lipinski definition) is 2. The van der Waals surface area contributed by atoms with Gasteiger partial charge in [-0.15, -0.1) is 0 Å². The molecule has 4 nitrogen and oxygen atoms in total. The van der Waals surface area contributed by atoms with E-state index >= 15 is 0 Å². The van der Waals surface area contributed by atoms with Crippen LogP contribution in [0.4, 0.5) is 5.69 Å². The molecule has 0 amide bonds. The number of nitrogen functional groups attached to an aromatic ring is 1. The van der Waals surface area contributed by atoms with Crippen molar-refractivity contribution < 1.29 is 4.79 Å². The number of Topliss-reactive ketones (excluding diaryl/α,β-unsaturated/α-hetero) is 1. The van der Waals surface area contributed by atoms with Gasteiger partial charge in [-0.05, 0) is 35.4 Å². The fraction of sp³-hybridized carbons (Fsp3) is 0.0667. The van der Waals surface area contributed by atoms with Crippen molar-refractivity contribution in [3.63, 3.8) is 0 Å². The molecule has 0 aliphatic heterocycles. The topological polar surface area (TPSA) is 71.8 Å². The number of nitrogens with two attached hydrogens (primary N) is 1. The van der Waals surface area contributed by atoms with E-state index in [1.54, 1.807) is 0 Å². The van der Waals surface area contributed by atoms with Crippen LogP contribution in [0, 0.1) is 0 Å². The number of benzene rings is 2. The zero-order chi connectivity index (χ0) is 13.4. The average molecular weight is 251 g/mol. The summed E-state index contributed by atoms with van der Waals surface area (Å²) in [5.74, 6) is -0.0357. The Bertz CT molecular complexity index is 757. The lowest BCUT2D eigenvalue weighted by molar-refractivity contribution is 0.101. The van der Waals surface area contributed by atoms with Gasteiger partial charge in [-0.3, -0.25) is 9.89 Å². The van der Waals surface area contributed by atoms with E-state index < -0.39 is 0 Å². The Kier molecular flexibility index (Phi) is 2.56. The van der Waals surface area contributed by atoms with Crippen LogP contribution in [-0.2, 0) is 0 Å². The van der Waals surface area contributed by atoms with Crippen LogP contribution in [0.25, 0.3) is 22.0 Å². The Hall–Kier alpha value is -2.62. The van der Waals surface area contributed by atoms with Gasteiger partial charge in [0.2, 0.25) is 0 Å². The summed E-state index contributed by atoms with van der Waals surface area (Å²) in [5.41, 5.74) is 9.91. The molecule has 0 radical (unpaired) electrons. The minimum Gasteiger partial charge on any atom is -0.399 e. The van der Waals surface area contributed by atoms with Gasteiger partial charge in [0.25, 0.3) is 0 Å². The second kappa shape index (κ2) is 4.24. The monoisotopic (exact) mass is 251 g/mol. The van der Waals surface area contributed by atoms with E-state index in [0.717, 1.165) is 27.7 Å². The van der Waals surface area contributed by atoms with E-state index in [2.05, 4.69) is 10.2 Å². The number of nitrogens with one attached hydrogen (secondary N) is 1. The van der Waals surface area contributed by atoms with Crippen molar-refractivity contribution >= 4 is 22.4 Å². The molecule has 0 fully saturated rings. The fourth-order valence-electron chi connectivity index (χ4n) is 2.14. The van der Waals surface area contributed by atoms with E-state index in [4.69, 9.17) is 5.73 Å². The van der Waals surface area contributed by atoms with Gasteiger partial charge in [0.15, 0.2) is 5.78 Å². The number of anilines is 1.